The molecule has 5 nitrogen and oxygen atoms in total. The number of nitrogens with one attached hydrogen (secondary N) is 2. The minimum atomic E-state index is -4.39. The van der Waals surface area contributed by atoms with Crippen LogP contribution in [0.15, 0.2) is 34.6 Å². The van der Waals surface area contributed by atoms with E-state index >= 15 is 0 Å². The summed E-state index contributed by atoms with van der Waals surface area (Å²) in [4.78, 5) is 7.72. The second kappa shape index (κ2) is 10.3. The lowest BCUT2D eigenvalue weighted by atomic mass is 10.1. The van der Waals surface area contributed by atoms with E-state index in [2.05, 4.69) is 20.6 Å². The Balaban J connectivity index is 1.75. The number of nitrogens with zero attached hydrogens (tertiary/aromatic N) is 2. The first-order valence-corrected chi connectivity index (χ1v) is 9.42. The minimum Gasteiger partial charge on any atom is -0.377 e. The van der Waals surface area contributed by atoms with E-state index in [-0.39, 0.29) is 0 Å². The lowest BCUT2D eigenvalue weighted by Gasteiger charge is -2.12. The van der Waals surface area contributed by atoms with Gasteiger partial charge in [0.2, 0.25) is 0 Å². The molecule has 0 saturated carbocycles. The molecule has 0 unspecified atom stereocenters. The average molecular weight is 400 g/mol. The van der Waals surface area contributed by atoms with Crippen LogP contribution in [0, 0.1) is 0 Å². The minimum absolute atomic E-state index is 0.396. The monoisotopic (exact) mass is 400 g/mol. The van der Waals surface area contributed by atoms with E-state index < -0.39 is 11.9 Å². The molecule has 0 fully saturated rings. The lowest BCUT2D eigenvalue weighted by Crippen LogP contribution is -2.37. The van der Waals surface area contributed by atoms with Crippen molar-refractivity contribution in [3.05, 3.63) is 51.5 Å². The van der Waals surface area contributed by atoms with E-state index in [0.29, 0.717) is 43.7 Å². The number of benzene rings is 1. The van der Waals surface area contributed by atoms with Crippen molar-refractivity contribution >= 4 is 17.3 Å². The fourth-order valence-corrected chi connectivity index (χ4v) is 3.03. The Morgan fingerprint density at radius 3 is 2.48 bits per heavy atom. The van der Waals surface area contributed by atoms with Crippen LogP contribution in [0.1, 0.15) is 28.8 Å². The normalized spacial score (nSPS) is 12.3. The smallest absolute Gasteiger partial charge is 0.377 e. The van der Waals surface area contributed by atoms with Gasteiger partial charge in [0.25, 0.3) is 0 Å². The summed E-state index contributed by atoms with van der Waals surface area (Å²) in [5, 5.41) is 7.73. The van der Waals surface area contributed by atoms with Gasteiger partial charge in [0.1, 0.15) is 0 Å². The summed E-state index contributed by atoms with van der Waals surface area (Å²) in [6.45, 7) is 4.27. The van der Waals surface area contributed by atoms with Gasteiger partial charge in [-0.05, 0) is 18.1 Å². The van der Waals surface area contributed by atoms with Crippen molar-refractivity contribution in [3.8, 4) is 0 Å². The second-order valence-electron chi connectivity index (χ2n) is 5.68. The summed E-state index contributed by atoms with van der Waals surface area (Å²) in [5.74, 6) is 0.584. The molecule has 148 valence electrons. The van der Waals surface area contributed by atoms with E-state index in [1.54, 1.807) is 7.05 Å². The predicted molar refractivity (Wildman–Crippen MR) is 101 cm³/mol. The standard InChI is InChI=1S/C18H23F3N4OS/c1-3-26-11-14-6-4-13(5-7-14)10-24-17(22-2)23-9-8-16-25-15(12-27-16)18(19,20)21/h4-7,12H,3,8-11H2,1-2H3,(H2,22,23,24). The molecule has 0 bridgehead atoms. The zero-order chi connectivity index (χ0) is 19.7. The van der Waals surface area contributed by atoms with Gasteiger partial charge in [-0.2, -0.15) is 13.2 Å². The summed E-state index contributed by atoms with van der Waals surface area (Å²) >= 11 is 1.01. The number of aliphatic imine (C=N–C) groups is 1. The second-order valence-corrected chi connectivity index (χ2v) is 6.62. The molecule has 1 aromatic heterocycles. The van der Waals surface area contributed by atoms with Crippen LogP contribution in [0.3, 0.4) is 0 Å². The van der Waals surface area contributed by atoms with Gasteiger partial charge in [-0.15, -0.1) is 11.3 Å². The Labute approximate surface area is 160 Å². The molecule has 0 radical (unpaired) electrons. The number of halogens is 3. The highest BCUT2D eigenvalue weighted by atomic mass is 32.1. The van der Waals surface area contributed by atoms with Crippen LogP contribution in [-0.4, -0.2) is 31.1 Å². The van der Waals surface area contributed by atoms with E-state index in [1.165, 1.54) is 0 Å². The number of hydrogen-bond acceptors (Lipinski definition) is 4. The quantitative estimate of drug-likeness (QED) is 0.525. The van der Waals surface area contributed by atoms with Gasteiger partial charge in [0, 0.05) is 38.5 Å². The van der Waals surface area contributed by atoms with Crippen molar-refractivity contribution in [1.29, 1.82) is 0 Å². The number of alkyl halides is 3. The molecule has 1 heterocycles. The third-order valence-corrected chi connectivity index (χ3v) is 4.56. The van der Waals surface area contributed by atoms with Gasteiger partial charge < -0.3 is 15.4 Å². The number of aromatic nitrogens is 1. The Kier molecular flexibility index (Phi) is 8.05. The zero-order valence-corrected chi connectivity index (χ0v) is 16.1. The molecule has 27 heavy (non-hydrogen) atoms. The third kappa shape index (κ3) is 7.18. The molecule has 2 N–H and O–H groups in total. The molecule has 0 aliphatic heterocycles. The van der Waals surface area contributed by atoms with Crippen molar-refractivity contribution < 1.29 is 17.9 Å². The maximum absolute atomic E-state index is 12.5. The van der Waals surface area contributed by atoms with Gasteiger partial charge in [-0.3, -0.25) is 4.99 Å². The molecular weight excluding hydrogens is 377 g/mol. The van der Waals surface area contributed by atoms with E-state index in [4.69, 9.17) is 4.74 Å². The van der Waals surface area contributed by atoms with Gasteiger partial charge >= 0.3 is 6.18 Å². The highest BCUT2D eigenvalue weighted by Crippen LogP contribution is 2.29. The van der Waals surface area contributed by atoms with Gasteiger partial charge in [0.15, 0.2) is 11.7 Å². The van der Waals surface area contributed by atoms with Crippen molar-refractivity contribution in [3.63, 3.8) is 0 Å². The van der Waals surface area contributed by atoms with Crippen LogP contribution >= 0.6 is 11.3 Å². The molecule has 0 saturated heterocycles. The summed E-state index contributed by atoms with van der Waals surface area (Å²) in [6.07, 6.45) is -3.99. The zero-order valence-electron chi connectivity index (χ0n) is 15.3. The van der Waals surface area contributed by atoms with Crippen molar-refractivity contribution in [2.45, 2.75) is 32.7 Å². The molecule has 2 rings (SSSR count). The first-order valence-electron chi connectivity index (χ1n) is 8.54. The van der Waals surface area contributed by atoms with Crippen LogP contribution < -0.4 is 10.6 Å². The van der Waals surface area contributed by atoms with Gasteiger partial charge in [0.05, 0.1) is 11.6 Å². The summed E-state index contributed by atoms with van der Waals surface area (Å²) in [5.41, 5.74) is 1.37. The van der Waals surface area contributed by atoms with E-state index in [9.17, 15) is 13.2 Å². The van der Waals surface area contributed by atoms with Crippen LogP contribution in [-0.2, 0) is 30.5 Å². The fourth-order valence-electron chi connectivity index (χ4n) is 2.22. The molecule has 2 aromatic rings. The molecule has 0 aliphatic rings. The molecular formula is C18H23F3N4OS. The maximum atomic E-state index is 12.5. The van der Waals surface area contributed by atoms with Crippen molar-refractivity contribution in [2.75, 3.05) is 20.2 Å². The van der Waals surface area contributed by atoms with Crippen molar-refractivity contribution in [2.24, 2.45) is 4.99 Å². The number of hydrogen-bond donors (Lipinski definition) is 2. The Morgan fingerprint density at radius 2 is 1.89 bits per heavy atom. The third-order valence-electron chi connectivity index (χ3n) is 3.65. The molecule has 9 heteroatoms. The summed E-state index contributed by atoms with van der Waals surface area (Å²) in [6, 6.07) is 8.07. The average Bonchev–Trinajstić information content (AvgIpc) is 3.13. The Hall–Kier alpha value is -2.13. The molecule has 0 aliphatic carbocycles. The van der Waals surface area contributed by atoms with Crippen molar-refractivity contribution in [1.82, 2.24) is 15.6 Å². The number of rotatable bonds is 8. The number of thiazole rings is 1. The van der Waals surface area contributed by atoms with Crippen LogP contribution in [0.25, 0.3) is 0 Å². The Morgan fingerprint density at radius 1 is 1.19 bits per heavy atom. The topological polar surface area (TPSA) is 58.5 Å². The lowest BCUT2D eigenvalue weighted by molar-refractivity contribution is -0.140. The first-order chi connectivity index (χ1) is 12.9. The molecule has 0 atom stereocenters. The van der Waals surface area contributed by atoms with Crippen LogP contribution in [0.4, 0.5) is 13.2 Å². The van der Waals surface area contributed by atoms with Crippen LogP contribution in [0.5, 0.6) is 0 Å². The molecule has 0 spiro atoms. The maximum Gasteiger partial charge on any atom is 0.434 e. The SMILES string of the molecule is CCOCc1ccc(CNC(=NC)NCCc2nc(C(F)(F)F)cs2)cc1. The largest absolute Gasteiger partial charge is 0.434 e. The highest BCUT2D eigenvalue weighted by Gasteiger charge is 2.33. The summed E-state index contributed by atoms with van der Waals surface area (Å²) < 4.78 is 43.0. The molecule has 1 aromatic carbocycles. The highest BCUT2D eigenvalue weighted by molar-refractivity contribution is 7.09. The number of guanidine groups is 1. The fraction of sp³-hybridized carbons (Fsp3) is 0.444. The van der Waals surface area contributed by atoms with E-state index in [0.717, 1.165) is 27.8 Å². The van der Waals surface area contributed by atoms with Gasteiger partial charge in [-0.1, -0.05) is 24.3 Å². The summed E-state index contributed by atoms with van der Waals surface area (Å²) in [7, 11) is 1.64. The number of ether oxygens (including phenoxy) is 1. The molecule has 0 amide bonds. The predicted octanol–water partition coefficient (Wildman–Crippen LogP) is 3.61. The van der Waals surface area contributed by atoms with E-state index in [1.807, 2.05) is 31.2 Å². The Bertz CT molecular complexity index is 729. The van der Waals surface area contributed by atoms with Crippen LogP contribution in [0.2, 0.25) is 0 Å². The first kappa shape index (κ1) is 21.2. The van der Waals surface area contributed by atoms with Gasteiger partial charge in [-0.25, -0.2) is 4.98 Å².